The molecule has 0 radical (unpaired) electrons. The molecule has 1 aromatic heterocycles. The third kappa shape index (κ3) is 5.23. The van der Waals surface area contributed by atoms with E-state index in [2.05, 4.69) is 31.1 Å². The van der Waals surface area contributed by atoms with Crippen LogP contribution in [0, 0.1) is 5.92 Å². The first-order valence-electron chi connectivity index (χ1n) is 6.65. The smallest absolute Gasteiger partial charge is 0.232 e. The largest absolute Gasteiger partial charge is 0.476 e. The number of ether oxygens (including phenoxy) is 1. The quantitative estimate of drug-likeness (QED) is 0.783. The summed E-state index contributed by atoms with van der Waals surface area (Å²) in [4.78, 5) is 4.27. The molecule has 1 N–H and O–H groups in total. The zero-order chi connectivity index (χ0) is 13.4. The van der Waals surface area contributed by atoms with E-state index in [4.69, 9.17) is 16.3 Å². The van der Waals surface area contributed by atoms with E-state index in [0.29, 0.717) is 23.4 Å². The van der Waals surface area contributed by atoms with Crippen molar-refractivity contribution in [2.24, 2.45) is 5.92 Å². The predicted molar refractivity (Wildman–Crippen MR) is 76.2 cm³/mol. The van der Waals surface area contributed by atoms with Crippen LogP contribution in [0.5, 0.6) is 5.88 Å². The van der Waals surface area contributed by atoms with E-state index in [9.17, 15) is 0 Å². The highest BCUT2D eigenvalue weighted by Crippen LogP contribution is 2.23. The molecule has 0 aliphatic heterocycles. The molecule has 1 heterocycles. The minimum Gasteiger partial charge on any atom is -0.476 e. The number of nitrogens with zero attached hydrogens (tertiary/aromatic N) is 1. The lowest BCUT2D eigenvalue weighted by molar-refractivity contribution is 0.243. The summed E-state index contributed by atoms with van der Waals surface area (Å²) in [6, 6.07) is 1.91. The molecule has 0 fully saturated rings. The van der Waals surface area contributed by atoms with Crippen molar-refractivity contribution in [1.29, 1.82) is 0 Å². The Balaban J connectivity index is 2.51. The van der Waals surface area contributed by atoms with Crippen LogP contribution < -0.4 is 10.1 Å². The first-order valence-corrected chi connectivity index (χ1v) is 7.03. The Morgan fingerprint density at radius 2 is 2.22 bits per heavy atom. The predicted octanol–water partition coefficient (Wildman–Crippen LogP) is 3.66. The molecule has 0 saturated heterocycles. The number of aromatic nitrogens is 1. The molecule has 4 heteroatoms. The topological polar surface area (TPSA) is 34.1 Å². The average molecular weight is 271 g/mol. The van der Waals surface area contributed by atoms with Gasteiger partial charge < -0.3 is 10.1 Å². The Hall–Kier alpha value is -0.800. The van der Waals surface area contributed by atoms with Crippen LogP contribution in [-0.4, -0.2) is 18.1 Å². The fourth-order valence-corrected chi connectivity index (χ4v) is 1.98. The zero-order valence-electron chi connectivity index (χ0n) is 11.5. The summed E-state index contributed by atoms with van der Waals surface area (Å²) in [5, 5.41) is 3.83. The highest BCUT2D eigenvalue weighted by atomic mass is 35.5. The summed E-state index contributed by atoms with van der Waals surface area (Å²) in [5.41, 5.74) is 1.08. The molecule has 3 nitrogen and oxygen atoms in total. The molecular formula is C14H23ClN2O. The first kappa shape index (κ1) is 15.3. The van der Waals surface area contributed by atoms with E-state index in [1.807, 2.05) is 12.3 Å². The van der Waals surface area contributed by atoms with Crippen LogP contribution in [0.3, 0.4) is 0 Å². The summed E-state index contributed by atoms with van der Waals surface area (Å²) in [7, 11) is 0. The van der Waals surface area contributed by atoms with Crippen molar-refractivity contribution in [2.75, 3.05) is 13.2 Å². The van der Waals surface area contributed by atoms with E-state index in [1.165, 1.54) is 6.42 Å². The molecule has 0 bridgehead atoms. The Morgan fingerprint density at radius 1 is 1.44 bits per heavy atom. The van der Waals surface area contributed by atoms with Gasteiger partial charge in [0.25, 0.3) is 0 Å². The van der Waals surface area contributed by atoms with Crippen LogP contribution in [0.2, 0.25) is 5.02 Å². The first-order chi connectivity index (χ1) is 8.67. The van der Waals surface area contributed by atoms with Gasteiger partial charge in [0.1, 0.15) is 5.02 Å². The monoisotopic (exact) mass is 270 g/mol. The number of rotatable bonds is 8. The van der Waals surface area contributed by atoms with Crippen molar-refractivity contribution in [3.63, 3.8) is 0 Å². The van der Waals surface area contributed by atoms with Gasteiger partial charge in [0.05, 0.1) is 6.61 Å². The molecule has 0 amide bonds. The van der Waals surface area contributed by atoms with Gasteiger partial charge in [-0.3, -0.25) is 0 Å². The Bertz CT molecular complexity index is 358. The molecule has 18 heavy (non-hydrogen) atoms. The molecule has 1 unspecified atom stereocenters. The van der Waals surface area contributed by atoms with Crippen LogP contribution in [0.15, 0.2) is 12.3 Å². The second-order valence-corrected chi connectivity index (χ2v) is 5.02. The maximum Gasteiger partial charge on any atom is 0.232 e. The molecule has 1 aromatic rings. The summed E-state index contributed by atoms with van der Waals surface area (Å²) in [5.74, 6) is 1.08. The molecule has 0 aliphatic rings. The SMILES string of the molecule is CCCC(C)COc1ncc(CNCC)cc1Cl. The van der Waals surface area contributed by atoms with Crippen LogP contribution in [0.25, 0.3) is 0 Å². The van der Waals surface area contributed by atoms with E-state index in [1.54, 1.807) is 0 Å². The fraction of sp³-hybridized carbons (Fsp3) is 0.643. The Morgan fingerprint density at radius 3 is 2.83 bits per heavy atom. The van der Waals surface area contributed by atoms with E-state index in [0.717, 1.165) is 25.1 Å². The number of hydrogen-bond acceptors (Lipinski definition) is 3. The summed E-state index contributed by atoms with van der Waals surface area (Å²) >= 11 is 6.15. The lowest BCUT2D eigenvalue weighted by Gasteiger charge is -2.12. The Labute approximate surface area is 115 Å². The average Bonchev–Trinajstić information content (AvgIpc) is 2.35. The van der Waals surface area contributed by atoms with Crippen LogP contribution in [0.4, 0.5) is 0 Å². The molecule has 0 aliphatic carbocycles. The van der Waals surface area contributed by atoms with Crippen molar-refractivity contribution < 1.29 is 4.74 Å². The fourth-order valence-electron chi connectivity index (χ4n) is 1.73. The van der Waals surface area contributed by atoms with Gasteiger partial charge in [-0.2, -0.15) is 0 Å². The Kier molecular flexibility index (Phi) is 7.06. The number of hydrogen-bond donors (Lipinski definition) is 1. The standard InChI is InChI=1S/C14H23ClN2O/c1-4-6-11(3)10-18-14-13(15)7-12(9-17-14)8-16-5-2/h7,9,11,16H,4-6,8,10H2,1-3H3. The highest BCUT2D eigenvalue weighted by Gasteiger charge is 2.07. The molecule has 102 valence electrons. The molecule has 0 spiro atoms. The van der Waals surface area contributed by atoms with Gasteiger partial charge in [0.2, 0.25) is 5.88 Å². The lowest BCUT2D eigenvalue weighted by atomic mass is 10.1. The molecular weight excluding hydrogens is 248 g/mol. The molecule has 0 saturated carbocycles. The maximum absolute atomic E-state index is 6.15. The normalized spacial score (nSPS) is 12.4. The van der Waals surface area contributed by atoms with Gasteiger partial charge in [0.15, 0.2) is 0 Å². The van der Waals surface area contributed by atoms with Gasteiger partial charge in [0, 0.05) is 12.7 Å². The van der Waals surface area contributed by atoms with Gasteiger partial charge in [-0.25, -0.2) is 4.98 Å². The van der Waals surface area contributed by atoms with Crippen molar-refractivity contribution >= 4 is 11.6 Å². The molecule has 1 rings (SSSR count). The van der Waals surface area contributed by atoms with Gasteiger partial charge in [-0.1, -0.05) is 38.8 Å². The maximum atomic E-state index is 6.15. The second-order valence-electron chi connectivity index (χ2n) is 4.62. The highest BCUT2D eigenvalue weighted by molar-refractivity contribution is 6.31. The zero-order valence-corrected chi connectivity index (χ0v) is 12.3. The van der Waals surface area contributed by atoms with E-state index >= 15 is 0 Å². The van der Waals surface area contributed by atoms with Crippen LogP contribution in [0.1, 0.15) is 39.2 Å². The number of halogens is 1. The third-order valence-corrected chi connectivity index (χ3v) is 3.00. The van der Waals surface area contributed by atoms with Crippen molar-refractivity contribution in [3.05, 3.63) is 22.8 Å². The van der Waals surface area contributed by atoms with Gasteiger partial charge in [-0.05, 0) is 30.5 Å². The van der Waals surface area contributed by atoms with Gasteiger partial charge in [-0.15, -0.1) is 0 Å². The minimum atomic E-state index is 0.536. The van der Waals surface area contributed by atoms with Gasteiger partial charge >= 0.3 is 0 Å². The van der Waals surface area contributed by atoms with Crippen molar-refractivity contribution in [3.8, 4) is 5.88 Å². The minimum absolute atomic E-state index is 0.536. The van der Waals surface area contributed by atoms with Crippen LogP contribution >= 0.6 is 11.6 Å². The summed E-state index contributed by atoms with van der Waals surface area (Å²) in [6.07, 6.45) is 4.15. The summed E-state index contributed by atoms with van der Waals surface area (Å²) < 4.78 is 5.65. The second kappa shape index (κ2) is 8.33. The molecule has 0 aromatic carbocycles. The summed E-state index contributed by atoms with van der Waals surface area (Å²) in [6.45, 7) is 8.82. The van der Waals surface area contributed by atoms with Crippen molar-refractivity contribution in [2.45, 2.75) is 40.2 Å². The number of pyridine rings is 1. The molecule has 1 atom stereocenters. The number of nitrogens with one attached hydrogen (secondary N) is 1. The van der Waals surface area contributed by atoms with E-state index < -0.39 is 0 Å². The van der Waals surface area contributed by atoms with E-state index in [-0.39, 0.29) is 0 Å². The lowest BCUT2D eigenvalue weighted by Crippen LogP contribution is -2.12. The third-order valence-electron chi connectivity index (χ3n) is 2.73. The van der Waals surface area contributed by atoms with Crippen LogP contribution in [-0.2, 0) is 6.54 Å². The van der Waals surface area contributed by atoms with Crippen molar-refractivity contribution in [1.82, 2.24) is 10.3 Å².